The Bertz CT molecular complexity index is 556. The van der Waals surface area contributed by atoms with Crippen LogP contribution in [0.15, 0.2) is 29.3 Å². The SMILES string of the molecule is NC1CCC2N=C(Cc3ccccc3C(F)(F)F)SC2C1. The van der Waals surface area contributed by atoms with Crippen LogP contribution < -0.4 is 5.73 Å². The highest BCUT2D eigenvalue weighted by Crippen LogP contribution is 2.39. The molecule has 2 nitrogen and oxygen atoms in total. The maximum Gasteiger partial charge on any atom is 0.416 e. The summed E-state index contributed by atoms with van der Waals surface area (Å²) < 4.78 is 39.0. The van der Waals surface area contributed by atoms with Crippen LogP contribution >= 0.6 is 11.8 Å². The van der Waals surface area contributed by atoms with Gasteiger partial charge in [-0.25, -0.2) is 0 Å². The van der Waals surface area contributed by atoms with E-state index in [-0.39, 0.29) is 18.5 Å². The van der Waals surface area contributed by atoms with Crippen molar-refractivity contribution in [1.82, 2.24) is 0 Å². The molecule has 1 aromatic carbocycles. The highest BCUT2D eigenvalue weighted by molar-refractivity contribution is 8.14. The molecule has 0 saturated heterocycles. The third kappa shape index (κ3) is 3.26. The minimum absolute atomic E-state index is 0.204. The Morgan fingerprint density at radius 1 is 1.24 bits per heavy atom. The molecule has 3 unspecified atom stereocenters. The Morgan fingerprint density at radius 3 is 2.76 bits per heavy atom. The molecule has 0 amide bonds. The second-order valence-electron chi connectivity index (χ2n) is 5.65. The van der Waals surface area contributed by atoms with Gasteiger partial charge in [-0.1, -0.05) is 18.2 Å². The van der Waals surface area contributed by atoms with Gasteiger partial charge in [0.25, 0.3) is 0 Å². The third-order valence-electron chi connectivity index (χ3n) is 4.06. The van der Waals surface area contributed by atoms with Gasteiger partial charge in [-0.05, 0) is 30.9 Å². The van der Waals surface area contributed by atoms with Gasteiger partial charge >= 0.3 is 6.18 Å². The zero-order valence-corrected chi connectivity index (χ0v) is 12.3. The van der Waals surface area contributed by atoms with Crippen molar-refractivity contribution in [2.45, 2.75) is 49.2 Å². The lowest BCUT2D eigenvalue weighted by Crippen LogP contribution is -2.35. The quantitative estimate of drug-likeness (QED) is 0.905. The number of hydrogen-bond acceptors (Lipinski definition) is 3. The molecular formula is C15H17F3N2S. The van der Waals surface area contributed by atoms with Crippen LogP contribution in [0.4, 0.5) is 13.2 Å². The van der Waals surface area contributed by atoms with E-state index < -0.39 is 11.7 Å². The fourth-order valence-corrected chi connectivity index (χ4v) is 4.49. The average Bonchev–Trinajstić information content (AvgIpc) is 2.79. The van der Waals surface area contributed by atoms with Gasteiger partial charge in [0, 0.05) is 17.7 Å². The number of fused-ring (bicyclic) bond motifs is 1. The lowest BCUT2D eigenvalue weighted by Gasteiger charge is -2.27. The number of benzene rings is 1. The summed E-state index contributed by atoms with van der Waals surface area (Å²) in [4.78, 5) is 4.62. The first-order valence-corrected chi connectivity index (χ1v) is 7.95. The molecule has 21 heavy (non-hydrogen) atoms. The highest BCUT2D eigenvalue weighted by atomic mass is 32.2. The fourth-order valence-electron chi connectivity index (χ4n) is 3.01. The van der Waals surface area contributed by atoms with Crippen molar-refractivity contribution >= 4 is 16.8 Å². The normalized spacial score (nSPS) is 29.1. The van der Waals surface area contributed by atoms with E-state index in [0.717, 1.165) is 30.4 Å². The summed E-state index contributed by atoms with van der Waals surface area (Å²) in [6.07, 6.45) is -1.23. The molecule has 0 aromatic heterocycles. The first kappa shape index (κ1) is 14.9. The summed E-state index contributed by atoms with van der Waals surface area (Å²) in [7, 11) is 0. The van der Waals surface area contributed by atoms with E-state index in [4.69, 9.17) is 5.73 Å². The number of aliphatic imine (C=N–C) groups is 1. The minimum Gasteiger partial charge on any atom is -0.328 e. The molecule has 1 aliphatic heterocycles. The summed E-state index contributed by atoms with van der Waals surface area (Å²) in [5, 5.41) is 1.16. The van der Waals surface area contributed by atoms with Crippen LogP contribution in [0, 0.1) is 0 Å². The van der Waals surface area contributed by atoms with Gasteiger partial charge < -0.3 is 5.73 Å². The lowest BCUT2D eigenvalue weighted by molar-refractivity contribution is -0.138. The Hall–Kier alpha value is -1.01. The number of alkyl halides is 3. The molecule has 1 saturated carbocycles. The summed E-state index contributed by atoms with van der Waals surface area (Å²) in [5.41, 5.74) is 5.71. The number of nitrogens with two attached hydrogens (primary N) is 1. The molecule has 6 heteroatoms. The summed E-state index contributed by atoms with van der Waals surface area (Å²) in [5.74, 6) is 0. The molecular weight excluding hydrogens is 297 g/mol. The van der Waals surface area contributed by atoms with Crippen LogP contribution in [0.2, 0.25) is 0 Å². The van der Waals surface area contributed by atoms with E-state index in [1.165, 1.54) is 6.07 Å². The van der Waals surface area contributed by atoms with Gasteiger partial charge in [0.15, 0.2) is 0 Å². The van der Waals surface area contributed by atoms with E-state index in [1.54, 1.807) is 23.9 Å². The van der Waals surface area contributed by atoms with Gasteiger partial charge in [0.05, 0.1) is 16.6 Å². The van der Waals surface area contributed by atoms with Crippen molar-refractivity contribution in [2.24, 2.45) is 10.7 Å². The van der Waals surface area contributed by atoms with E-state index in [2.05, 4.69) is 4.99 Å². The molecule has 0 radical (unpaired) electrons. The van der Waals surface area contributed by atoms with Crippen molar-refractivity contribution in [3.8, 4) is 0 Å². The number of rotatable bonds is 2. The molecule has 114 valence electrons. The Balaban J connectivity index is 1.77. The topological polar surface area (TPSA) is 38.4 Å². The lowest BCUT2D eigenvalue weighted by atomic mass is 9.92. The molecule has 1 aliphatic carbocycles. The van der Waals surface area contributed by atoms with Crippen molar-refractivity contribution < 1.29 is 13.2 Å². The Morgan fingerprint density at radius 2 is 2.00 bits per heavy atom. The van der Waals surface area contributed by atoms with Crippen LogP contribution in [0.1, 0.15) is 30.4 Å². The molecule has 0 bridgehead atoms. The predicted molar refractivity (Wildman–Crippen MR) is 79.6 cm³/mol. The van der Waals surface area contributed by atoms with Crippen LogP contribution in [-0.4, -0.2) is 22.4 Å². The smallest absolute Gasteiger partial charge is 0.328 e. The first-order valence-electron chi connectivity index (χ1n) is 7.07. The van der Waals surface area contributed by atoms with Crippen molar-refractivity contribution in [3.05, 3.63) is 35.4 Å². The van der Waals surface area contributed by atoms with E-state index in [0.29, 0.717) is 10.8 Å². The molecule has 3 atom stereocenters. The van der Waals surface area contributed by atoms with E-state index in [1.807, 2.05) is 0 Å². The molecule has 3 rings (SSSR count). The summed E-state index contributed by atoms with van der Waals surface area (Å²) in [6.45, 7) is 0. The maximum atomic E-state index is 13.0. The average molecular weight is 314 g/mol. The molecule has 1 heterocycles. The van der Waals surface area contributed by atoms with Crippen LogP contribution in [0.3, 0.4) is 0 Å². The number of halogens is 3. The standard InChI is InChI=1S/C15H17F3N2S/c16-15(17,18)11-4-2-1-3-9(11)7-14-20-12-6-5-10(19)8-13(12)21-14/h1-4,10,12-13H,5-8,19H2. The number of nitrogens with zero attached hydrogens (tertiary/aromatic N) is 1. The molecule has 2 aliphatic rings. The summed E-state index contributed by atoms with van der Waals surface area (Å²) in [6, 6.07) is 6.19. The van der Waals surface area contributed by atoms with Gasteiger partial charge in [-0.15, -0.1) is 11.8 Å². The first-order chi connectivity index (χ1) is 9.93. The van der Waals surface area contributed by atoms with Gasteiger partial charge in [-0.3, -0.25) is 4.99 Å². The van der Waals surface area contributed by atoms with Crippen LogP contribution in [-0.2, 0) is 12.6 Å². The number of hydrogen-bond donors (Lipinski definition) is 1. The third-order valence-corrected chi connectivity index (χ3v) is 5.39. The Labute approximate surface area is 126 Å². The second kappa shape index (κ2) is 5.65. The zero-order valence-electron chi connectivity index (χ0n) is 11.4. The highest BCUT2D eigenvalue weighted by Gasteiger charge is 2.37. The second-order valence-corrected chi connectivity index (χ2v) is 6.96. The number of thioether (sulfide) groups is 1. The molecule has 2 N–H and O–H groups in total. The van der Waals surface area contributed by atoms with Gasteiger partial charge in [0.1, 0.15) is 0 Å². The molecule has 1 fully saturated rings. The van der Waals surface area contributed by atoms with Gasteiger partial charge in [0.2, 0.25) is 0 Å². The zero-order chi connectivity index (χ0) is 15.0. The monoisotopic (exact) mass is 314 g/mol. The van der Waals surface area contributed by atoms with Crippen LogP contribution in [0.25, 0.3) is 0 Å². The van der Waals surface area contributed by atoms with Crippen molar-refractivity contribution in [2.75, 3.05) is 0 Å². The van der Waals surface area contributed by atoms with Crippen LogP contribution in [0.5, 0.6) is 0 Å². The molecule has 1 aromatic rings. The van der Waals surface area contributed by atoms with E-state index in [9.17, 15) is 13.2 Å². The maximum absolute atomic E-state index is 13.0. The fraction of sp³-hybridized carbons (Fsp3) is 0.533. The van der Waals surface area contributed by atoms with Crippen molar-refractivity contribution in [1.29, 1.82) is 0 Å². The van der Waals surface area contributed by atoms with E-state index >= 15 is 0 Å². The Kier molecular flexibility index (Phi) is 4.01. The van der Waals surface area contributed by atoms with Gasteiger partial charge in [-0.2, -0.15) is 13.2 Å². The molecule has 0 spiro atoms. The minimum atomic E-state index is -4.31. The predicted octanol–water partition coefficient (Wildman–Crippen LogP) is 3.64. The van der Waals surface area contributed by atoms with Crippen molar-refractivity contribution in [3.63, 3.8) is 0 Å². The largest absolute Gasteiger partial charge is 0.416 e. The summed E-state index contributed by atoms with van der Waals surface area (Å²) >= 11 is 1.62.